The number of carbonyl (C=O) groups is 1. The first-order valence-electron chi connectivity index (χ1n) is 3.61. The predicted molar refractivity (Wildman–Crippen MR) is 53.5 cm³/mol. The third-order valence-corrected chi connectivity index (χ3v) is 2.75. The number of rotatable bonds is 3. The highest BCUT2D eigenvalue weighted by atomic mass is 79.9. The van der Waals surface area contributed by atoms with E-state index in [9.17, 15) is 4.79 Å². The Labute approximate surface area is 84.9 Å². The lowest BCUT2D eigenvalue weighted by Gasteiger charge is -1.99. The first-order chi connectivity index (χ1) is 5.74. The molecule has 0 amide bonds. The number of halogens is 2. The fourth-order valence-electron chi connectivity index (χ4n) is 0.921. The van der Waals surface area contributed by atoms with Crippen molar-refractivity contribution < 1.29 is 4.79 Å². The van der Waals surface area contributed by atoms with Gasteiger partial charge < -0.3 is 4.79 Å². The van der Waals surface area contributed by atoms with Crippen LogP contribution in [0.25, 0.3) is 0 Å². The lowest BCUT2D eigenvalue weighted by molar-refractivity contribution is -0.107. The summed E-state index contributed by atoms with van der Waals surface area (Å²) in [5.74, 6) is 0. The summed E-state index contributed by atoms with van der Waals surface area (Å²) in [6, 6.07) is 5.69. The van der Waals surface area contributed by atoms with Gasteiger partial charge in [-0.05, 0) is 40.0 Å². The van der Waals surface area contributed by atoms with Gasteiger partial charge in [-0.2, -0.15) is 0 Å². The maximum Gasteiger partial charge on any atom is 0.120 e. The van der Waals surface area contributed by atoms with Gasteiger partial charge in [0.25, 0.3) is 0 Å². The van der Waals surface area contributed by atoms with Crippen molar-refractivity contribution in [2.24, 2.45) is 0 Å². The molecule has 0 spiro atoms. The Bertz CT molecular complexity index is 286. The van der Waals surface area contributed by atoms with Crippen LogP contribution in [0.3, 0.4) is 0 Å². The molecule has 1 aromatic carbocycles. The first-order valence-corrected chi connectivity index (χ1v) is 4.78. The monoisotopic (exact) mass is 246 g/mol. The molecule has 1 nitrogen and oxygen atoms in total. The fraction of sp³-hybridized carbons (Fsp3) is 0.222. The van der Waals surface area contributed by atoms with Crippen molar-refractivity contribution in [2.45, 2.75) is 12.8 Å². The average molecular weight is 248 g/mol. The van der Waals surface area contributed by atoms with Crippen LogP contribution in [0.15, 0.2) is 22.7 Å². The van der Waals surface area contributed by atoms with Crippen LogP contribution in [0.5, 0.6) is 0 Å². The summed E-state index contributed by atoms with van der Waals surface area (Å²) in [6.07, 6.45) is 2.26. The highest BCUT2D eigenvalue weighted by molar-refractivity contribution is 9.10. The van der Waals surface area contributed by atoms with Crippen LogP contribution in [0.4, 0.5) is 0 Å². The van der Waals surface area contributed by atoms with E-state index in [1.54, 1.807) is 0 Å². The molecule has 64 valence electrons. The second-order valence-corrected chi connectivity index (χ2v) is 3.72. The van der Waals surface area contributed by atoms with Crippen molar-refractivity contribution in [2.75, 3.05) is 0 Å². The van der Waals surface area contributed by atoms with E-state index in [0.717, 1.165) is 22.7 Å². The number of hydrogen-bond acceptors (Lipinski definition) is 1. The highest BCUT2D eigenvalue weighted by Crippen LogP contribution is 2.23. The van der Waals surface area contributed by atoms with Crippen molar-refractivity contribution in [3.63, 3.8) is 0 Å². The van der Waals surface area contributed by atoms with Crippen molar-refractivity contribution in [1.29, 1.82) is 0 Å². The molecule has 12 heavy (non-hydrogen) atoms. The Morgan fingerprint density at radius 1 is 1.50 bits per heavy atom. The van der Waals surface area contributed by atoms with Gasteiger partial charge in [0.15, 0.2) is 0 Å². The standard InChI is InChI=1S/C9H8BrClO/c10-8-6-7(2-1-5-12)3-4-9(8)11/h3-6H,1-2H2. The van der Waals surface area contributed by atoms with Gasteiger partial charge in [-0.15, -0.1) is 0 Å². The van der Waals surface area contributed by atoms with Gasteiger partial charge in [-0.25, -0.2) is 0 Å². The lowest BCUT2D eigenvalue weighted by atomic mass is 10.1. The normalized spacial score (nSPS) is 9.83. The Morgan fingerprint density at radius 3 is 2.83 bits per heavy atom. The summed E-state index contributed by atoms with van der Waals surface area (Å²) < 4.78 is 0.882. The zero-order chi connectivity index (χ0) is 8.97. The molecule has 0 aliphatic carbocycles. The molecule has 0 atom stereocenters. The molecule has 0 aliphatic rings. The number of aryl methyl sites for hydroxylation is 1. The molecule has 0 unspecified atom stereocenters. The minimum absolute atomic E-state index is 0.564. The van der Waals surface area contributed by atoms with Crippen molar-refractivity contribution in [3.05, 3.63) is 33.3 Å². The fourth-order valence-corrected chi connectivity index (χ4v) is 1.46. The van der Waals surface area contributed by atoms with Crippen LogP contribution in [0.1, 0.15) is 12.0 Å². The van der Waals surface area contributed by atoms with E-state index in [4.69, 9.17) is 11.6 Å². The molecule has 0 fully saturated rings. The highest BCUT2D eigenvalue weighted by Gasteiger charge is 1.97. The summed E-state index contributed by atoms with van der Waals surface area (Å²) in [5, 5.41) is 0.699. The number of aldehydes is 1. The molecule has 0 heterocycles. The molecule has 0 aromatic heterocycles. The van der Waals surface area contributed by atoms with Crippen LogP contribution in [-0.2, 0) is 11.2 Å². The van der Waals surface area contributed by atoms with Crippen molar-refractivity contribution in [3.8, 4) is 0 Å². The molecular weight excluding hydrogens is 239 g/mol. The van der Waals surface area contributed by atoms with Crippen molar-refractivity contribution in [1.82, 2.24) is 0 Å². The first kappa shape index (κ1) is 9.75. The zero-order valence-corrected chi connectivity index (χ0v) is 8.73. The average Bonchev–Trinajstić information content (AvgIpc) is 2.07. The van der Waals surface area contributed by atoms with Crippen molar-refractivity contribution >= 4 is 33.8 Å². The summed E-state index contributed by atoms with van der Waals surface area (Å²) in [5.41, 5.74) is 1.12. The number of benzene rings is 1. The summed E-state index contributed by atoms with van der Waals surface area (Å²) in [7, 11) is 0. The van der Waals surface area contributed by atoms with Gasteiger partial charge in [0.05, 0.1) is 5.02 Å². The number of carbonyl (C=O) groups excluding carboxylic acids is 1. The van der Waals surface area contributed by atoms with Crippen LogP contribution >= 0.6 is 27.5 Å². The molecule has 0 N–H and O–H groups in total. The van der Waals surface area contributed by atoms with Gasteiger partial charge in [-0.1, -0.05) is 17.7 Å². The third-order valence-electron chi connectivity index (χ3n) is 1.53. The molecule has 1 rings (SSSR count). The Balaban J connectivity index is 2.75. The molecule has 3 heteroatoms. The maximum atomic E-state index is 10.1. The second kappa shape index (κ2) is 4.63. The summed E-state index contributed by atoms with van der Waals surface area (Å²) >= 11 is 9.12. The van der Waals surface area contributed by atoms with Gasteiger partial charge >= 0.3 is 0 Å². The molecule has 0 saturated carbocycles. The Hall–Kier alpha value is -0.340. The minimum atomic E-state index is 0.564. The van der Waals surface area contributed by atoms with Gasteiger partial charge in [0.2, 0.25) is 0 Å². The molecule has 0 saturated heterocycles. The largest absolute Gasteiger partial charge is 0.303 e. The van der Waals surface area contributed by atoms with Crippen LogP contribution in [0.2, 0.25) is 5.02 Å². The van der Waals surface area contributed by atoms with Gasteiger partial charge in [0.1, 0.15) is 6.29 Å². The van der Waals surface area contributed by atoms with E-state index in [-0.39, 0.29) is 0 Å². The topological polar surface area (TPSA) is 17.1 Å². The number of hydrogen-bond donors (Lipinski definition) is 0. The van der Waals surface area contributed by atoms with E-state index in [1.165, 1.54) is 0 Å². The van der Waals surface area contributed by atoms with Crippen LogP contribution < -0.4 is 0 Å². The SMILES string of the molecule is O=CCCc1ccc(Cl)c(Br)c1. The summed E-state index contributed by atoms with van der Waals surface area (Å²) in [4.78, 5) is 10.1. The zero-order valence-electron chi connectivity index (χ0n) is 6.39. The molecule has 0 aliphatic heterocycles. The van der Waals surface area contributed by atoms with E-state index in [1.807, 2.05) is 18.2 Å². The van der Waals surface area contributed by atoms with Gasteiger partial charge in [0, 0.05) is 10.9 Å². The lowest BCUT2D eigenvalue weighted by Crippen LogP contribution is -1.85. The smallest absolute Gasteiger partial charge is 0.120 e. The van der Waals surface area contributed by atoms with E-state index >= 15 is 0 Å². The predicted octanol–water partition coefficient (Wildman–Crippen LogP) is 3.23. The Kier molecular flexibility index (Phi) is 3.76. The van der Waals surface area contributed by atoms with Crippen LogP contribution in [0, 0.1) is 0 Å². The molecule has 0 radical (unpaired) electrons. The Morgan fingerprint density at radius 2 is 2.25 bits per heavy atom. The van der Waals surface area contributed by atoms with Gasteiger partial charge in [-0.3, -0.25) is 0 Å². The second-order valence-electron chi connectivity index (χ2n) is 2.45. The van der Waals surface area contributed by atoms with E-state index in [0.29, 0.717) is 11.4 Å². The maximum absolute atomic E-state index is 10.1. The summed E-state index contributed by atoms with van der Waals surface area (Å²) in [6.45, 7) is 0. The van der Waals surface area contributed by atoms with E-state index < -0.39 is 0 Å². The molecule has 0 bridgehead atoms. The minimum Gasteiger partial charge on any atom is -0.303 e. The molecular formula is C9H8BrClO. The molecule has 1 aromatic rings. The van der Waals surface area contributed by atoms with E-state index in [2.05, 4.69) is 15.9 Å². The quantitative estimate of drug-likeness (QED) is 0.750. The van der Waals surface area contributed by atoms with Crippen LogP contribution in [-0.4, -0.2) is 6.29 Å². The third kappa shape index (κ3) is 2.61.